The molecule has 0 aliphatic heterocycles. The van der Waals surface area contributed by atoms with Crippen molar-refractivity contribution < 1.29 is 14.3 Å². The van der Waals surface area contributed by atoms with Crippen LogP contribution in [0.2, 0.25) is 5.02 Å². The van der Waals surface area contributed by atoms with E-state index in [0.29, 0.717) is 23.7 Å². The molecule has 3 aromatic carbocycles. The lowest BCUT2D eigenvalue weighted by molar-refractivity contribution is -0.142. The highest BCUT2D eigenvalue weighted by molar-refractivity contribution is 14.1. The van der Waals surface area contributed by atoms with Crippen LogP contribution in [0.25, 0.3) is 0 Å². The highest BCUT2D eigenvalue weighted by atomic mass is 127. The van der Waals surface area contributed by atoms with E-state index in [1.165, 1.54) is 0 Å². The number of hydrogen-bond acceptors (Lipinski definition) is 3. The average Bonchev–Trinajstić information content (AvgIpc) is 2.81. The molecule has 1 N–H and O–H groups in total. The van der Waals surface area contributed by atoms with Gasteiger partial charge in [0.05, 0.1) is 0 Å². The van der Waals surface area contributed by atoms with Crippen LogP contribution in [0.4, 0.5) is 0 Å². The first-order valence-corrected chi connectivity index (χ1v) is 12.2. The number of ether oxygens (including phenoxy) is 1. The lowest BCUT2D eigenvalue weighted by Gasteiger charge is -2.31. The third kappa shape index (κ3) is 7.75. The smallest absolute Gasteiger partial charge is 0.261 e. The third-order valence-corrected chi connectivity index (χ3v) is 5.99. The second kappa shape index (κ2) is 12.6. The molecule has 172 valence electrons. The van der Waals surface area contributed by atoms with E-state index in [2.05, 4.69) is 27.9 Å². The zero-order valence-electron chi connectivity index (χ0n) is 18.3. The number of hydrogen-bond donors (Lipinski definition) is 1. The number of nitrogens with zero attached hydrogens (tertiary/aromatic N) is 1. The summed E-state index contributed by atoms with van der Waals surface area (Å²) in [6.45, 7) is 2.40. The van der Waals surface area contributed by atoms with E-state index in [-0.39, 0.29) is 25.0 Å². The molecule has 0 bridgehead atoms. The Morgan fingerprint density at radius 1 is 1.00 bits per heavy atom. The molecule has 0 aliphatic rings. The van der Waals surface area contributed by atoms with Crippen molar-refractivity contribution in [2.45, 2.75) is 25.9 Å². The summed E-state index contributed by atoms with van der Waals surface area (Å²) in [6, 6.07) is 23.8. The van der Waals surface area contributed by atoms with Crippen LogP contribution in [-0.4, -0.2) is 35.9 Å². The van der Waals surface area contributed by atoms with Crippen LogP contribution in [-0.2, 0) is 22.6 Å². The Morgan fingerprint density at radius 3 is 2.36 bits per heavy atom. The Morgan fingerprint density at radius 2 is 1.70 bits per heavy atom. The minimum absolute atomic E-state index is 0.175. The zero-order valence-corrected chi connectivity index (χ0v) is 21.3. The van der Waals surface area contributed by atoms with Gasteiger partial charge in [0.15, 0.2) is 6.61 Å². The van der Waals surface area contributed by atoms with E-state index in [0.717, 1.165) is 14.7 Å². The van der Waals surface area contributed by atoms with Gasteiger partial charge in [-0.05, 0) is 77.0 Å². The Bertz CT molecular complexity index is 1060. The second-order valence-corrected chi connectivity index (χ2v) is 9.18. The van der Waals surface area contributed by atoms with Gasteiger partial charge in [0.25, 0.3) is 5.91 Å². The van der Waals surface area contributed by atoms with E-state index >= 15 is 0 Å². The first-order valence-electron chi connectivity index (χ1n) is 10.7. The van der Waals surface area contributed by atoms with Gasteiger partial charge >= 0.3 is 0 Å². The first kappa shape index (κ1) is 25.1. The number of nitrogens with one attached hydrogen (secondary N) is 1. The molecule has 0 unspecified atom stereocenters. The minimum Gasteiger partial charge on any atom is -0.484 e. The van der Waals surface area contributed by atoms with Crippen LogP contribution < -0.4 is 10.1 Å². The second-order valence-electron chi connectivity index (χ2n) is 7.49. The summed E-state index contributed by atoms with van der Waals surface area (Å²) in [6.07, 6.45) is 0.391. The molecular weight excluding hydrogens is 551 g/mol. The zero-order chi connectivity index (χ0) is 23.6. The highest BCUT2D eigenvalue weighted by Gasteiger charge is 2.30. The van der Waals surface area contributed by atoms with Gasteiger partial charge in [-0.1, -0.05) is 54.1 Å². The van der Waals surface area contributed by atoms with Crippen molar-refractivity contribution in [2.24, 2.45) is 0 Å². The Kier molecular flexibility index (Phi) is 9.57. The fraction of sp³-hybridized carbons (Fsp3) is 0.231. The molecule has 7 heteroatoms. The number of amides is 2. The number of halogens is 2. The fourth-order valence-corrected chi connectivity index (χ4v) is 4.01. The van der Waals surface area contributed by atoms with Crippen LogP contribution in [0.1, 0.15) is 18.1 Å². The van der Waals surface area contributed by atoms with Crippen molar-refractivity contribution in [3.05, 3.63) is 98.6 Å². The third-order valence-electron chi connectivity index (χ3n) is 5.04. The van der Waals surface area contributed by atoms with Gasteiger partial charge in [-0.2, -0.15) is 0 Å². The summed E-state index contributed by atoms with van der Waals surface area (Å²) in [5, 5.41) is 3.45. The number of benzene rings is 3. The summed E-state index contributed by atoms with van der Waals surface area (Å²) in [4.78, 5) is 28.1. The monoisotopic (exact) mass is 576 g/mol. The van der Waals surface area contributed by atoms with Crippen LogP contribution in [0.3, 0.4) is 0 Å². The van der Waals surface area contributed by atoms with Crippen LogP contribution >= 0.6 is 34.2 Å². The lowest BCUT2D eigenvalue weighted by Crippen LogP contribution is -2.51. The molecule has 3 rings (SSSR count). The number of rotatable bonds is 10. The molecular formula is C26H26ClIN2O3. The molecule has 0 fully saturated rings. The molecule has 33 heavy (non-hydrogen) atoms. The summed E-state index contributed by atoms with van der Waals surface area (Å²) in [5.41, 5.74) is 1.81. The molecule has 3 aromatic rings. The van der Waals surface area contributed by atoms with Crippen molar-refractivity contribution >= 4 is 46.0 Å². The lowest BCUT2D eigenvalue weighted by atomic mass is 10.0. The van der Waals surface area contributed by atoms with Gasteiger partial charge in [-0.3, -0.25) is 9.59 Å². The molecule has 0 saturated carbocycles. The van der Waals surface area contributed by atoms with Gasteiger partial charge in [0.1, 0.15) is 11.8 Å². The van der Waals surface area contributed by atoms with Crippen molar-refractivity contribution in [3.63, 3.8) is 0 Å². The van der Waals surface area contributed by atoms with Gasteiger partial charge in [0.2, 0.25) is 5.91 Å². The standard InChI is InChI=1S/C26H26ClIN2O3/c1-2-29-26(32)24(16-19-7-4-3-5-8-19)30(17-20-9-6-10-21(27)15-20)25(31)18-33-23-13-11-22(28)12-14-23/h3-15,24H,2,16-18H2,1H3,(H,29,32)/t24-/m1/s1. The Hall–Kier alpha value is -2.58. The summed E-state index contributed by atoms with van der Waals surface area (Å²) in [5.74, 6) is 0.121. The minimum atomic E-state index is -0.695. The molecule has 1 atom stereocenters. The molecule has 0 aliphatic carbocycles. The van der Waals surface area contributed by atoms with E-state index in [4.69, 9.17) is 16.3 Å². The van der Waals surface area contributed by atoms with Crippen molar-refractivity contribution in [3.8, 4) is 5.75 Å². The normalized spacial score (nSPS) is 11.5. The van der Waals surface area contributed by atoms with Crippen molar-refractivity contribution in [2.75, 3.05) is 13.2 Å². The number of carbonyl (C=O) groups excluding carboxylic acids is 2. The van der Waals surface area contributed by atoms with Crippen molar-refractivity contribution in [1.29, 1.82) is 0 Å². The van der Waals surface area contributed by atoms with E-state index < -0.39 is 6.04 Å². The summed E-state index contributed by atoms with van der Waals surface area (Å²) >= 11 is 8.39. The van der Waals surface area contributed by atoms with Crippen molar-refractivity contribution in [1.82, 2.24) is 10.2 Å². The molecule has 5 nitrogen and oxygen atoms in total. The highest BCUT2D eigenvalue weighted by Crippen LogP contribution is 2.19. The first-order chi connectivity index (χ1) is 16.0. The maximum atomic E-state index is 13.4. The van der Waals surface area contributed by atoms with Crippen LogP contribution in [0.15, 0.2) is 78.9 Å². The summed E-state index contributed by atoms with van der Waals surface area (Å²) < 4.78 is 6.83. The predicted octanol–water partition coefficient (Wildman–Crippen LogP) is 5.10. The molecule has 0 saturated heterocycles. The van der Waals surface area contributed by atoms with E-state index in [1.54, 1.807) is 17.0 Å². The summed E-state index contributed by atoms with van der Waals surface area (Å²) in [7, 11) is 0. The van der Waals surface area contributed by atoms with Gasteiger partial charge in [-0.15, -0.1) is 0 Å². The Labute approximate surface area is 213 Å². The fourth-order valence-electron chi connectivity index (χ4n) is 3.44. The molecule has 0 aromatic heterocycles. The topological polar surface area (TPSA) is 58.6 Å². The number of likely N-dealkylation sites (N-methyl/N-ethyl adjacent to an activating group) is 1. The van der Waals surface area contributed by atoms with Crippen LogP contribution in [0, 0.1) is 3.57 Å². The molecule has 0 spiro atoms. The maximum Gasteiger partial charge on any atom is 0.261 e. The van der Waals surface area contributed by atoms with Gasteiger partial charge in [-0.25, -0.2) is 0 Å². The number of carbonyl (C=O) groups is 2. The quantitative estimate of drug-likeness (QED) is 0.342. The molecule has 0 heterocycles. The molecule has 2 amide bonds. The SMILES string of the molecule is CCNC(=O)[C@@H](Cc1ccccc1)N(Cc1cccc(Cl)c1)C(=O)COc1ccc(I)cc1. The largest absolute Gasteiger partial charge is 0.484 e. The maximum absolute atomic E-state index is 13.4. The van der Waals surface area contributed by atoms with E-state index in [9.17, 15) is 9.59 Å². The van der Waals surface area contributed by atoms with Crippen LogP contribution in [0.5, 0.6) is 5.75 Å². The van der Waals surface area contributed by atoms with Gasteiger partial charge in [0, 0.05) is 28.1 Å². The Balaban J connectivity index is 1.88. The van der Waals surface area contributed by atoms with E-state index in [1.807, 2.05) is 73.7 Å². The molecule has 0 radical (unpaired) electrons. The average molecular weight is 577 g/mol. The van der Waals surface area contributed by atoms with Gasteiger partial charge < -0.3 is 15.0 Å². The predicted molar refractivity (Wildman–Crippen MR) is 139 cm³/mol.